The summed E-state index contributed by atoms with van der Waals surface area (Å²) in [6, 6.07) is 5.01. The van der Waals surface area contributed by atoms with E-state index in [1.165, 1.54) is 4.90 Å². The highest BCUT2D eigenvalue weighted by atomic mass is 35.5. The molecule has 1 aliphatic heterocycles. The highest BCUT2D eigenvalue weighted by molar-refractivity contribution is 7.87. The average molecular weight is 454 g/mol. The second kappa shape index (κ2) is 8.73. The second-order valence-corrected chi connectivity index (χ2v) is 10.1. The van der Waals surface area contributed by atoms with Gasteiger partial charge in [-0.2, -0.15) is 8.42 Å². The van der Waals surface area contributed by atoms with Crippen molar-refractivity contribution in [3.63, 3.8) is 0 Å². The number of ether oxygens (including phenoxy) is 1. The van der Waals surface area contributed by atoms with Crippen molar-refractivity contribution >= 4 is 39.5 Å². The summed E-state index contributed by atoms with van der Waals surface area (Å²) >= 11 is 12.2. The third-order valence-corrected chi connectivity index (χ3v) is 5.94. The average Bonchev–Trinajstić information content (AvgIpc) is 2.74. The summed E-state index contributed by atoms with van der Waals surface area (Å²) in [5.74, 6) is -0.529. The van der Waals surface area contributed by atoms with Gasteiger partial charge in [0.2, 0.25) is 0 Å². The Hall–Kier alpha value is -1.10. The lowest BCUT2D eigenvalue weighted by molar-refractivity contribution is -0.0760. The minimum absolute atomic E-state index is 0.0648. The third-order valence-electron chi connectivity index (χ3n) is 4.64. The van der Waals surface area contributed by atoms with Gasteiger partial charge in [-0.15, -0.1) is 0 Å². The molecule has 0 spiro atoms. The first-order chi connectivity index (χ1) is 12.8. The maximum atomic E-state index is 11.7. The van der Waals surface area contributed by atoms with E-state index in [1.54, 1.807) is 18.2 Å². The molecule has 1 heterocycles. The largest absolute Gasteiger partial charge is 0.465 e. The summed E-state index contributed by atoms with van der Waals surface area (Å²) in [4.78, 5) is 13.0. The molecule has 1 aromatic rings. The fourth-order valence-electron chi connectivity index (χ4n) is 3.05. The maximum Gasteiger partial charge on any atom is 0.407 e. The van der Waals surface area contributed by atoms with Crippen molar-refractivity contribution in [1.29, 1.82) is 0 Å². The van der Waals surface area contributed by atoms with Crippen LogP contribution in [0.4, 0.5) is 4.79 Å². The Kier molecular flexibility index (Phi) is 7.22. The van der Waals surface area contributed by atoms with E-state index >= 15 is 0 Å². The normalized spacial score (nSPS) is 24.1. The van der Waals surface area contributed by atoms with Crippen LogP contribution in [0.5, 0.6) is 0 Å². The van der Waals surface area contributed by atoms with E-state index in [9.17, 15) is 18.3 Å². The molecule has 1 amide bonds. The van der Waals surface area contributed by atoms with E-state index in [1.807, 2.05) is 20.8 Å². The topological polar surface area (TPSA) is 122 Å². The molecule has 0 bridgehead atoms. The molecule has 0 aliphatic carbocycles. The smallest absolute Gasteiger partial charge is 0.407 e. The Morgan fingerprint density at radius 3 is 2.46 bits per heavy atom. The summed E-state index contributed by atoms with van der Waals surface area (Å²) in [5.41, 5.74) is 0.321. The van der Waals surface area contributed by atoms with Crippen LogP contribution in [0.15, 0.2) is 18.2 Å². The minimum Gasteiger partial charge on any atom is -0.465 e. The number of carbonyl (C=O) groups is 1. The van der Waals surface area contributed by atoms with Crippen molar-refractivity contribution in [3.8, 4) is 0 Å². The third kappa shape index (κ3) is 6.20. The molecular formula is C17H25Cl2N3O5S. The lowest BCUT2D eigenvalue weighted by Gasteiger charge is -2.34. The van der Waals surface area contributed by atoms with Crippen molar-refractivity contribution in [3.05, 3.63) is 33.8 Å². The lowest BCUT2D eigenvalue weighted by Crippen LogP contribution is -2.43. The van der Waals surface area contributed by atoms with Gasteiger partial charge in [-0.25, -0.2) is 14.7 Å². The fourth-order valence-corrected chi connectivity index (χ4v) is 3.81. The van der Waals surface area contributed by atoms with Gasteiger partial charge in [-0.05, 0) is 23.1 Å². The van der Waals surface area contributed by atoms with Crippen LogP contribution in [0.2, 0.25) is 10.0 Å². The van der Waals surface area contributed by atoms with Crippen molar-refractivity contribution < 1.29 is 23.1 Å². The molecule has 4 N–H and O–H groups in total. The number of halogens is 2. The van der Waals surface area contributed by atoms with Gasteiger partial charge >= 0.3 is 6.09 Å². The van der Waals surface area contributed by atoms with Crippen molar-refractivity contribution in [1.82, 2.24) is 9.62 Å². The molecule has 28 heavy (non-hydrogen) atoms. The van der Waals surface area contributed by atoms with Gasteiger partial charge in [0, 0.05) is 19.0 Å². The summed E-state index contributed by atoms with van der Waals surface area (Å²) < 4.78 is 31.4. The molecule has 0 aromatic heterocycles. The molecule has 158 valence electrons. The number of benzene rings is 1. The van der Waals surface area contributed by atoms with Crippen LogP contribution >= 0.6 is 23.2 Å². The Balaban J connectivity index is 2.47. The van der Waals surface area contributed by atoms with Gasteiger partial charge in [0.1, 0.15) is 0 Å². The van der Waals surface area contributed by atoms with Gasteiger partial charge in [-0.1, -0.05) is 50.0 Å². The van der Waals surface area contributed by atoms with E-state index in [4.69, 9.17) is 33.1 Å². The minimum atomic E-state index is -3.95. The molecule has 2 rings (SSSR count). The number of amides is 1. The Bertz CT molecular complexity index is 829. The van der Waals surface area contributed by atoms with Crippen LogP contribution in [0.3, 0.4) is 0 Å². The van der Waals surface area contributed by atoms with E-state index in [0.29, 0.717) is 15.6 Å². The van der Waals surface area contributed by atoms with Gasteiger partial charge in [-0.3, -0.25) is 0 Å². The predicted molar refractivity (Wildman–Crippen MR) is 108 cm³/mol. The van der Waals surface area contributed by atoms with E-state index in [0.717, 1.165) is 0 Å². The molecule has 1 fully saturated rings. The zero-order chi connectivity index (χ0) is 21.3. The maximum absolute atomic E-state index is 11.7. The molecule has 0 radical (unpaired) electrons. The Morgan fingerprint density at radius 1 is 1.32 bits per heavy atom. The second-order valence-electron chi connectivity index (χ2n) is 7.93. The van der Waals surface area contributed by atoms with Crippen LogP contribution in [-0.2, 0) is 14.9 Å². The monoisotopic (exact) mass is 453 g/mol. The lowest BCUT2D eigenvalue weighted by atomic mass is 9.88. The zero-order valence-electron chi connectivity index (χ0n) is 15.9. The highest BCUT2D eigenvalue weighted by Crippen LogP contribution is 2.38. The number of hydrogen-bond donors (Lipinski definition) is 3. The predicted octanol–water partition coefficient (Wildman–Crippen LogP) is 2.87. The molecule has 1 saturated heterocycles. The summed E-state index contributed by atoms with van der Waals surface area (Å²) in [6.45, 7) is 5.98. The van der Waals surface area contributed by atoms with Crippen LogP contribution in [0.25, 0.3) is 0 Å². The number of rotatable bonds is 4. The van der Waals surface area contributed by atoms with Crippen LogP contribution in [-0.4, -0.2) is 50.3 Å². The van der Waals surface area contributed by atoms with Crippen molar-refractivity contribution in [2.24, 2.45) is 16.5 Å². The SMILES string of the molecule is CC(C)(C)C1CN(C(=O)O)CC(CNS(N)(=O)=O)C(c2ccc(Cl)c(Cl)c2)O1. The van der Waals surface area contributed by atoms with Crippen LogP contribution in [0.1, 0.15) is 32.4 Å². The quantitative estimate of drug-likeness (QED) is 0.646. The first-order valence-corrected chi connectivity index (χ1v) is 10.9. The summed E-state index contributed by atoms with van der Waals surface area (Å²) in [6.07, 6.45) is -2.15. The van der Waals surface area contributed by atoms with Gasteiger partial charge in [0.15, 0.2) is 0 Å². The van der Waals surface area contributed by atoms with E-state index in [-0.39, 0.29) is 25.0 Å². The van der Waals surface area contributed by atoms with E-state index < -0.39 is 34.4 Å². The molecular weight excluding hydrogens is 429 g/mol. The van der Waals surface area contributed by atoms with Gasteiger partial charge in [0.05, 0.1) is 28.8 Å². The van der Waals surface area contributed by atoms with Crippen molar-refractivity contribution in [2.75, 3.05) is 19.6 Å². The molecule has 1 aliphatic rings. The van der Waals surface area contributed by atoms with Crippen LogP contribution in [0, 0.1) is 11.3 Å². The number of nitrogens with two attached hydrogens (primary N) is 1. The number of hydrogen-bond acceptors (Lipinski definition) is 4. The Morgan fingerprint density at radius 2 is 1.96 bits per heavy atom. The van der Waals surface area contributed by atoms with Crippen molar-refractivity contribution in [2.45, 2.75) is 33.0 Å². The summed E-state index contributed by atoms with van der Waals surface area (Å²) in [7, 11) is -3.95. The molecule has 3 unspecified atom stereocenters. The molecule has 0 saturated carbocycles. The molecule has 11 heteroatoms. The first-order valence-electron chi connectivity index (χ1n) is 8.63. The molecule has 1 aromatic carbocycles. The molecule has 3 atom stereocenters. The highest BCUT2D eigenvalue weighted by Gasteiger charge is 2.40. The van der Waals surface area contributed by atoms with Gasteiger partial charge < -0.3 is 14.7 Å². The zero-order valence-corrected chi connectivity index (χ0v) is 18.2. The first kappa shape index (κ1) is 23.2. The van der Waals surface area contributed by atoms with E-state index in [2.05, 4.69) is 4.72 Å². The number of nitrogens with one attached hydrogen (secondary N) is 1. The summed E-state index contributed by atoms with van der Waals surface area (Å²) in [5, 5.41) is 15.4. The number of carboxylic acid groups (broad SMARTS) is 1. The molecule has 8 nitrogen and oxygen atoms in total. The number of nitrogens with zero attached hydrogens (tertiary/aromatic N) is 1. The van der Waals surface area contributed by atoms with Crippen LogP contribution < -0.4 is 9.86 Å². The Labute approximate surface area is 175 Å². The fraction of sp³-hybridized carbons (Fsp3) is 0.588. The standard InChI is InChI=1S/C17H25Cl2N3O5S/c1-17(2,3)14-9-22(16(23)24)8-11(7-21-28(20,25)26)15(27-14)10-4-5-12(18)13(19)6-10/h4-6,11,14-15,21H,7-9H2,1-3H3,(H,23,24)(H2,20,25,26). The van der Waals surface area contributed by atoms with Gasteiger partial charge in [0.25, 0.3) is 10.2 Å².